The first-order chi connectivity index (χ1) is 11.5. The van der Waals surface area contributed by atoms with Crippen molar-refractivity contribution in [3.05, 3.63) is 23.5 Å². The maximum Gasteiger partial charge on any atom is 0.323 e. The highest BCUT2D eigenvalue weighted by atomic mass is 16.5. The minimum Gasteiger partial charge on any atom is -0.337 e. The highest BCUT2D eigenvalue weighted by Gasteiger charge is 2.19. The summed E-state index contributed by atoms with van der Waals surface area (Å²) in [6.45, 7) is 10.6. The van der Waals surface area contributed by atoms with Gasteiger partial charge in [0.05, 0.1) is 11.7 Å². The van der Waals surface area contributed by atoms with E-state index in [1.165, 1.54) is 0 Å². The topological polar surface area (TPSA) is 89.1 Å². The van der Waals surface area contributed by atoms with Gasteiger partial charge < -0.3 is 9.42 Å². The smallest absolute Gasteiger partial charge is 0.323 e. The zero-order chi connectivity index (χ0) is 17.7. The molecule has 0 spiro atoms. The van der Waals surface area contributed by atoms with Crippen molar-refractivity contribution in [1.82, 2.24) is 24.8 Å². The van der Waals surface area contributed by atoms with Crippen molar-refractivity contribution in [2.24, 2.45) is 0 Å². The lowest BCUT2D eigenvalue weighted by atomic mass is 10.2. The highest BCUT2D eigenvalue weighted by Crippen LogP contribution is 2.22. The van der Waals surface area contributed by atoms with Gasteiger partial charge in [0.15, 0.2) is 5.82 Å². The molecule has 2 amide bonds. The Balaban J connectivity index is 2.12. The Kier molecular flexibility index (Phi) is 5.94. The van der Waals surface area contributed by atoms with Crippen molar-refractivity contribution in [2.75, 3.05) is 11.9 Å². The highest BCUT2D eigenvalue weighted by molar-refractivity contribution is 5.88. The number of amides is 2. The molecule has 2 aromatic rings. The summed E-state index contributed by atoms with van der Waals surface area (Å²) < 4.78 is 7.00. The first-order valence-corrected chi connectivity index (χ1v) is 8.39. The number of carbonyl (C=O) groups is 1. The van der Waals surface area contributed by atoms with Crippen LogP contribution in [0.3, 0.4) is 0 Å². The third-order valence-corrected chi connectivity index (χ3v) is 3.95. The minimum absolute atomic E-state index is 0.208. The van der Waals surface area contributed by atoms with Crippen LogP contribution in [0.4, 0.5) is 10.6 Å². The van der Waals surface area contributed by atoms with Crippen LogP contribution in [0.1, 0.15) is 57.1 Å². The van der Waals surface area contributed by atoms with Gasteiger partial charge in [0, 0.05) is 12.6 Å². The molecule has 2 heterocycles. The molecule has 24 heavy (non-hydrogen) atoms. The predicted octanol–water partition coefficient (Wildman–Crippen LogP) is 3.30. The van der Waals surface area contributed by atoms with E-state index in [4.69, 9.17) is 4.52 Å². The normalized spacial score (nSPS) is 11.1. The summed E-state index contributed by atoms with van der Waals surface area (Å²) in [5.41, 5.74) is 0.882. The monoisotopic (exact) mass is 334 g/mol. The van der Waals surface area contributed by atoms with Gasteiger partial charge >= 0.3 is 6.03 Å². The first kappa shape index (κ1) is 18.0. The minimum atomic E-state index is -0.208. The lowest BCUT2D eigenvalue weighted by molar-refractivity contribution is 0.202. The summed E-state index contributed by atoms with van der Waals surface area (Å²) in [6, 6.07) is 1.95. The Morgan fingerprint density at radius 3 is 2.58 bits per heavy atom. The van der Waals surface area contributed by atoms with Crippen molar-refractivity contribution in [2.45, 2.75) is 60.0 Å². The molecule has 0 saturated heterocycles. The van der Waals surface area contributed by atoms with Crippen molar-refractivity contribution in [1.29, 1.82) is 0 Å². The number of hydrogen-bond acceptors (Lipinski definition) is 5. The molecule has 0 aliphatic rings. The molecule has 0 radical (unpaired) electrons. The second kappa shape index (κ2) is 7.94. The zero-order valence-electron chi connectivity index (χ0n) is 15.0. The van der Waals surface area contributed by atoms with Gasteiger partial charge in [-0.2, -0.15) is 10.1 Å². The fourth-order valence-corrected chi connectivity index (χ4v) is 2.61. The van der Waals surface area contributed by atoms with E-state index in [1.807, 2.05) is 24.6 Å². The van der Waals surface area contributed by atoms with Crippen LogP contribution in [0.15, 0.2) is 10.6 Å². The number of urea groups is 1. The van der Waals surface area contributed by atoms with Crippen molar-refractivity contribution in [3.63, 3.8) is 0 Å². The van der Waals surface area contributed by atoms with Gasteiger partial charge in [0.25, 0.3) is 0 Å². The quantitative estimate of drug-likeness (QED) is 0.839. The second-order valence-electron chi connectivity index (χ2n) is 5.77. The molecule has 8 nitrogen and oxygen atoms in total. The molecule has 0 fully saturated rings. The fourth-order valence-electron chi connectivity index (χ4n) is 2.61. The number of aromatic nitrogens is 4. The summed E-state index contributed by atoms with van der Waals surface area (Å²) >= 11 is 0. The molecule has 2 rings (SSSR count). The molecule has 0 aliphatic carbocycles. The summed E-state index contributed by atoms with van der Waals surface area (Å²) in [6.07, 6.45) is 1.92. The number of nitrogens with one attached hydrogen (secondary N) is 1. The van der Waals surface area contributed by atoms with Crippen LogP contribution in [0, 0.1) is 13.8 Å². The van der Waals surface area contributed by atoms with Gasteiger partial charge in [-0.15, -0.1) is 0 Å². The summed E-state index contributed by atoms with van der Waals surface area (Å²) in [5, 5.41) is 11.2. The molecule has 2 aromatic heterocycles. The van der Waals surface area contributed by atoms with Crippen LogP contribution in [-0.4, -0.2) is 37.4 Å². The number of carbonyl (C=O) groups excluding carboxylic acids is 1. The largest absolute Gasteiger partial charge is 0.337 e. The SMILES string of the molecule is CCC(CC)n1nc(C)cc1NC(=O)N(CC)Cc1nc(C)no1. The Bertz CT molecular complexity index is 674. The van der Waals surface area contributed by atoms with Gasteiger partial charge in [-0.1, -0.05) is 19.0 Å². The number of hydrogen-bond donors (Lipinski definition) is 1. The number of nitrogens with zero attached hydrogens (tertiary/aromatic N) is 5. The lowest BCUT2D eigenvalue weighted by Gasteiger charge is -2.21. The maximum atomic E-state index is 12.6. The van der Waals surface area contributed by atoms with Crippen LogP contribution in [0.2, 0.25) is 0 Å². The van der Waals surface area contributed by atoms with Gasteiger partial charge in [-0.25, -0.2) is 9.48 Å². The lowest BCUT2D eigenvalue weighted by Crippen LogP contribution is -2.35. The van der Waals surface area contributed by atoms with E-state index in [0.29, 0.717) is 24.1 Å². The van der Waals surface area contributed by atoms with E-state index in [9.17, 15) is 4.79 Å². The number of rotatable bonds is 7. The molecule has 0 unspecified atom stereocenters. The van der Waals surface area contributed by atoms with E-state index >= 15 is 0 Å². The maximum absolute atomic E-state index is 12.6. The van der Waals surface area contributed by atoms with Crippen LogP contribution >= 0.6 is 0 Å². The number of aryl methyl sites for hydroxylation is 2. The molecule has 0 atom stereocenters. The van der Waals surface area contributed by atoms with Crippen molar-refractivity contribution >= 4 is 11.8 Å². The van der Waals surface area contributed by atoms with Crippen LogP contribution in [0.25, 0.3) is 0 Å². The summed E-state index contributed by atoms with van der Waals surface area (Å²) in [5.74, 6) is 1.70. The molecule has 132 valence electrons. The first-order valence-electron chi connectivity index (χ1n) is 8.39. The molecule has 0 aromatic carbocycles. The second-order valence-corrected chi connectivity index (χ2v) is 5.77. The van der Waals surface area contributed by atoms with Gasteiger partial charge in [0.2, 0.25) is 5.89 Å². The van der Waals surface area contributed by atoms with Crippen molar-refractivity contribution in [3.8, 4) is 0 Å². The van der Waals surface area contributed by atoms with E-state index in [0.717, 1.165) is 18.5 Å². The molecule has 1 N–H and O–H groups in total. The molecule has 0 bridgehead atoms. The Hall–Kier alpha value is -2.38. The van der Waals surface area contributed by atoms with Crippen LogP contribution < -0.4 is 5.32 Å². The average molecular weight is 334 g/mol. The van der Waals surface area contributed by atoms with E-state index < -0.39 is 0 Å². The third kappa shape index (κ3) is 4.12. The van der Waals surface area contributed by atoms with Gasteiger partial charge in [-0.05, 0) is 33.6 Å². The zero-order valence-corrected chi connectivity index (χ0v) is 15.0. The van der Waals surface area contributed by atoms with E-state index in [1.54, 1.807) is 11.8 Å². The van der Waals surface area contributed by atoms with Crippen LogP contribution in [-0.2, 0) is 6.54 Å². The molecular weight excluding hydrogens is 308 g/mol. The summed E-state index contributed by atoms with van der Waals surface area (Å²) in [4.78, 5) is 18.4. The average Bonchev–Trinajstić information content (AvgIpc) is 3.12. The molecular formula is C16H26N6O2. The van der Waals surface area contributed by atoms with Gasteiger partial charge in [0.1, 0.15) is 12.4 Å². The molecule has 8 heteroatoms. The third-order valence-electron chi connectivity index (χ3n) is 3.95. The Morgan fingerprint density at radius 1 is 1.33 bits per heavy atom. The fraction of sp³-hybridized carbons (Fsp3) is 0.625. The van der Waals surface area contributed by atoms with E-state index in [2.05, 4.69) is 34.4 Å². The molecule has 0 saturated carbocycles. The number of anilines is 1. The Labute approximate surface area is 142 Å². The van der Waals surface area contributed by atoms with Gasteiger partial charge in [-0.3, -0.25) is 5.32 Å². The van der Waals surface area contributed by atoms with Crippen molar-refractivity contribution < 1.29 is 9.32 Å². The Morgan fingerprint density at radius 2 is 2.04 bits per heavy atom. The predicted molar refractivity (Wildman–Crippen MR) is 90.7 cm³/mol. The standard InChI is InChI=1S/C16H26N6O2/c1-6-13(7-2)22-14(9-11(4)19-22)18-16(23)21(8-3)10-15-17-12(5)20-24-15/h9,13H,6-8,10H2,1-5H3,(H,18,23). The molecule has 0 aliphatic heterocycles. The van der Waals surface area contributed by atoms with Crippen LogP contribution in [0.5, 0.6) is 0 Å². The van der Waals surface area contributed by atoms with E-state index in [-0.39, 0.29) is 18.6 Å². The summed E-state index contributed by atoms with van der Waals surface area (Å²) in [7, 11) is 0.